The van der Waals surface area contributed by atoms with Crippen molar-refractivity contribution in [2.45, 2.75) is 50.2 Å². The van der Waals surface area contributed by atoms with E-state index < -0.39 is 0 Å². The third-order valence-corrected chi connectivity index (χ3v) is 8.00. The van der Waals surface area contributed by atoms with Crippen LogP contribution in [0, 0.1) is 17.8 Å². The summed E-state index contributed by atoms with van der Waals surface area (Å²) < 4.78 is 0.837. The summed E-state index contributed by atoms with van der Waals surface area (Å²) in [5, 5.41) is 0. The molecule has 4 bridgehead atoms. The second kappa shape index (κ2) is 3.17. The van der Waals surface area contributed by atoms with E-state index in [-0.39, 0.29) is 0 Å². The molecule has 4 saturated carbocycles. The lowest BCUT2D eigenvalue weighted by Crippen LogP contribution is -2.54. The Bertz CT molecular complexity index is 198. The maximum atomic E-state index is 2.55. The normalized spacial score (nSPS) is 52.3. The predicted molar refractivity (Wildman–Crippen MR) is 64.7 cm³/mol. The van der Waals surface area contributed by atoms with E-state index in [1.807, 2.05) is 0 Å². The number of hydrogen-bond acceptors (Lipinski definition) is 0. The first-order valence-corrected chi connectivity index (χ1v) is 8.15. The molecular weight excluding hydrogens is 188 g/mol. The molecule has 0 nitrogen and oxygen atoms in total. The first-order chi connectivity index (χ1) is 6.72. The molecule has 0 aromatic heterocycles. The Morgan fingerprint density at radius 2 is 1.43 bits per heavy atom. The van der Waals surface area contributed by atoms with E-state index in [1.165, 1.54) is 5.75 Å². The van der Waals surface area contributed by atoms with Gasteiger partial charge >= 0.3 is 0 Å². The van der Waals surface area contributed by atoms with Crippen LogP contribution in [0.3, 0.4) is 0 Å². The summed E-state index contributed by atoms with van der Waals surface area (Å²) in [7, 11) is 0.718. The fraction of sp³-hybridized carbons (Fsp3) is 1.00. The molecule has 1 unspecified atom stereocenters. The highest BCUT2D eigenvalue weighted by Crippen LogP contribution is 2.58. The maximum Gasteiger partial charge on any atom is 0.128 e. The van der Waals surface area contributed by atoms with Crippen molar-refractivity contribution in [1.82, 2.24) is 0 Å². The lowest BCUT2D eigenvalue weighted by molar-refractivity contribution is 0.0370. The Labute approximate surface area is 91.2 Å². The van der Waals surface area contributed by atoms with Crippen molar-refractivity contribution in [3.63, 3.8) is 0 Å². The molecule has 0 radical (unpaired) electrons. The van der Waals surface area contributed by atoms with Crippen LogP contribution in [0.4, 0.5) is 0 Å². The van der Waals surface area contributed by atoms with Gasteiger partial charge in [0.2, 0.25) is 0 Å². The van der Waals surface area contributed by atoms with Crippen molar-refractivity contribution in [1.29, 1.82) is 0 Å². The Kier molecular flexibility index (Phi) is 2.17. The van der Waals surface area contributed by atoms with Crippen LogP contribution < -0.4 is 0 Å². The van der Waals surface area contributed by atoms with Gasteiger partial charge in [-0.1, -0.05) is 0 Å². The van der Waals surface area contributed by atoms with Gasteiger partial charge in [-0.05, 0) is 54.8 Å². The minimum absolute atomic E-state index is 0.718. The molecule has 14 heavy (non-hydrogen) atoms. The lowest BCUT2D eigenvalue weighted by atomic mass is 9.56. The molecular formula is C13H23S+. The van der Waals surface area contributed by atoms with Crippen molar-refractivity contribution < 1.29 is 0 Å². The number of hydrogen-bond donors (Lipinski definition) is 0. The molecule has 0 spiro atoms. The molecule has 80 valence electrons. The lowest BCUT2D eigenvalue weighted by Gasteiger charge is -2.54. The highest BCUT2D eigenvalue weighted by Gasteiger charge is 2.57. The smallest absolute Gasteiger partial charge is 0.0472 e. The van der Waals surface area contributed by atoms with Gasteiger partial charge in [0.1, 0.15) is 10.5 Å². The van der Waals surface area contributed by atoms with Gasteiger partial charge < -0.3 is 0 Å². The minimum atomic E-state index is 0.718. The van der Waals surface area contributed by atoms with E-state index in [2.05, 4.69) is 13.2 Å². The summed E-state index contributed by atoms with van der Waals surface area (Å²) in [4.78, 5) is 0. The summed E-state index contributed by atoms with van der Waals surface area (Å²) >= 11 is 0. The second-order valence-electron chi connectivity index (χ2n) is 6.03. The zero-order chi connectivity index (χ0) is 9.76. The van der Waals surface area contributed by atoms with Crippen LogP contribution in [-0.4, -0.2) is 16.8 Å². The molecule has 1 heteroatoms. The third-order valence-electron chi connectivity index (χ3n) is 5.15. The van der Waals surface area contributed by atoms with Crippen molar-refractivity contribution in [3.8, 4) is 0 Å². The highest BCUT2D eigenvalue weighted by molar-refractivity contribution is 7.97. The minimum Gasteiger partial charge on any atom is -0.0472 e. The van der Waals surface area contributed by atoms with E-state index >= 15 is 0 Å². The first-order valence-electron chi connectivity index (χ1n) is 6.34. The van der Waals surface area contributed by atoms with Gasteiger partial charge in [0.05, 0.1) is 6.26 Å². The summed E-state index contributed by atoms with van der Waals surface area (Å²) in [6.07, 6.45) is 12.2. The van der Waals surface area contributed by atoms with Crippen LogP contribution in [0.1, 0.15) is 45.4 Å². The molecule has 0 N–H and O–H groups in total. The molecule has 4 aliphatic carbocycles. The Morgan fingerprint density at radius 3 is 1.79 bits per heavy atom. The van der Waals surface area contributed by atoms with Gasteiger partial charge in [0, 0.05) is 19.3 Å². The average Bonchev–Trinajstić information content (AvgIpc) is 2.14. The third kappa shape index (κ3) is 1.27. The van der Waals surface area contributed by atoms with Crippen LogP contribution >= 0.6 is 0 Å². The van der Waals surface area contributed by atoms with Crippen LogP contribution in [0.25, 0.3) is 0 Å². The second-order valence-corrected chi connectivity index (χ2v) is 8.74. The number of rotatable bonds is 2. The average molecular weight is 211 g/mol. The zero-order valence-electron chi connectivity index (χ0n) is 9.59. The van der Waals surface area contributed by atoms with Gasteiger partial charge in [-0.25, -0.2) is 0 Å². The summed E-state index contributed by atoms with van der Waals surface area (Å²) in [5.41, 5.74) is 0. The van der Waals surface area contributed by atoms with Crippen molar-refractivity contribution >= 4 is 10.9 Å². The van der Waals surface area contributed by atoms with E-state index in [0.717, 1.165) is 33.4 Å². The SMILES string of the molecule is CC[S+](C)C12CC3CC(CC(C3)C1)C2. The molecule has 0 saturated heterocycles. The van der Waals surface area contributed by atoms with Crippen LogP contribution in [0.5, 0.6) is 0 Å². The van der Waals surface area contributed by atoms with Gasteiger partial charge in [-0.2, -0.15) is 0 Å². The zero-order valence-corrected chi connectivity index (χ0v) is 10.4. The molecule has 0 aromatic carbocycles. The largest absolute Gasteiger partial charge is 0.128 e. The summed E-state index contributed by atoms with van der Waals surface area (Å²) in [6.45, 7) is 2.40. The van der Waals surface area contributed by atoms with Crippen molar-refractivity contribution in [2.24, 2.45) is 17.8 Å². The Balaban J connectivity index is 1.87. The first kappa shape index (κ1) is 9.57. The monoisotopic (exact) mass is 211 g/mol. The predicted octanol–water partition coefficient (Wildman–Crippen LogP) is 3.22. The van der Waals surface area contributed by atoms with Gasteiger partial charge in [-0.3, -0.25) is 0 Å². The van der Waals surface area contributed by atoms with Crippen molar-refractivity contribution in [3.05, 3.63) is 0 Å². The van der Waals surface area contributed by atoms with Gasteiger partial charge in [0.25, 0.3) is 0 Å². The van der Waals surface area contributed by atoms with E-state index in [1.54, 1.807) is 38.5 Å². The van der Waals surface area contributed by atoms with Gasteiger partial charge in [-0.15, -0.1) is 0 Å². The Hall–Kier alpha value is 0.350. The molecule has 0 amide bonds. The molecule has 4 fully saturated rings. The van der Waals surface area contributed by atoms with E-state index in [9.17, 15) is 0 Å². The fourth-order valence-electron chi connectivity index (χ4n) is 4.76. The van der Waals surface area contributed by atoms with Crippen LogP contribution in [0.2, 0.25) is 0 Å². The van der Waals surface area contributed by atoms with Crippen LogP contribution in [-0.2, 0) is 10.9 Å². The fourth-order valence-corrected chi connectivity index (χ4v) is 6.94. The standard InChI is InChI=1S/C13H23S/c1-3-14(2)13-7-10-4-11(8-13)6-12(5-10)9-13/h10-12H,3-9H2,1-2H3/q+1. The highest BCUT2D eigenvalue weighted by atomic mass is 32.2. The van der Waals surface area contributed by atoms with E-state index in [0.29, 0.717) is 0 Å². The molecule has 4 aliphatic rings. The maximum absolute atomic E-state index is 2.55. The quantitative estimate of drug-likeness (QED) is 0.615. The molecule has 1 atom stereocenters. The molecule has 0 aliphatic heterocycles. The summed E-state index contributed by atoms with van der Waals surface area (Å²) in [6, 6.07) is 0. The van der Waals surface area contributed by atoms with Crippen molar-refractivity contribution in [2.75, 3.05) is 12.0 Å². The summed E-state index contributed by atoms with van der Waals surface area (Å²) in [5.74, 6) is 4.86. The Morgan fingerprint density at radius 1 is 1.00 bits per heavy atom. The molecule has 0 heterocycles. The van der Waals surface area contributed by atoms with Crippen LogP contribution in [0.15, 0.2) is 0 Å². The topological polar surface area (TPSA) is 0 Å². The van der Waals surface area contributed by atoms with Gasteiger partial charge in [0.15, 0.2) is 0 Å². The van der Waals surface area contributed by atoms with E-state index in [4.69, 9.17) is 0 Å². The molecule has 0 aromatic rings. The molecule has 4 rings (SSSR count).